The second-order valence-electron chi connectivity index (χ2n) is 8.42. The number of pyridine rings is 1. The lowest BCUT2D eigenvalue weighted by atomic mass is 10.2. The zero-order valence-corrected chi connectivity index (χ0v) is 20.4. The fourth-order valence-corrected chi connectivity index (χ4v) is 4.63. The minimum atomic E-state index is -3.95. The van der Waals surface area contributed by atoms with E-state index in [9.17, 15) is 8.42 Å². The summed E-state index contributed by atoms with van der Waals surface area (Å²) in [5.74, 6) is 0.984. The van der Waals surface area contributed by atoms with Crippen molar-refractivity contribution in [2.24, 2.45) is 0 Å². The van der Waals surface area contributed by atoms with E-state index in [1.807, 2.05) is 31.4 Å². The first-order chi connectivity index (χ1) is 15.7. The standard InChI is InChI=1S/C21H26ClN7O3S/c1-12(2)32-18(19-24-10-16(22)11-25-19)14(4)33(30,31)28-21-27-26-20(29(21)17-5-6-17)15-7-13(3)8-23-9-15/h7-12,14,17-18H,5-6H2,1-4H3,(H,27,28)/t14-,18+/m0/s1. The van der Waals surface area contributed by atoms with Crippen LogP contribution in [-0.4, -0.2) is 49.5 Å². The summed E-state index contributed by atoms with van der Waals surface area (Å²) in [5, 5.41) is 7.76. The predicted molar refractivity (Wildman–Crippen MR) is 124 cm³/mol. The summed E-state index contributed by atoms with van der Waals surface area (Å²) in [7, 11) is -3.95. The van der Waals surface area contributed by atoms with Crippen molar-refractivity contribution in [3.8, 4) is 11.4 Å². The number of aryl methyl sites for hydroxylation is 1. The van der Waals surface area contributed by atoms with Crippen molar-refractivity contribution < 1.29 is 13.2 Å². The zero-order valence-electron chi connectivity index (χ0n) is 18.8. The second-order valence-corrected chi connectivity index (χ2v) is 10.9. The number of aromatic nitrogens is 6. The number of anilines is 1. The molecular formula is C21H26ClN7O3S. The molecule has 0 unspecified atom stereocenters. The third-order valence-corrected chi connectivity index (χ3v) is 7.09. The fourth-order valence-electron chi connectivity index (χ4n) is 3.44. The van der Waals surface area contributed by atoms with Gasteiger partial charge in [0.05, 0.1) is 11.1 Å². The first-order valence-electron chi connectivity index (χ1n) is 10.7. The van der Waals surface area contributed by atoms with Gasteiger partial charge in [-0.3, -0.25) is 14.3 Å². The molecule has 0 amide bonds. The zero-order chi connectivity index (χ0) is 23.8. The van der Waals surface area contributed by atoms with Crippen LogP contribution in [0.3, 0.4) is 0 Å². The first-order valence-corrected chi connectivity index (χ1v) is 12.6. The fraction of sp³-hybridized carbons (Fsp3) is 0.476. The monoisotopic (exact) mass is 491 g/mol. The summed E-state index contributed by atoms with van der Waals surface area (Å²) in [6.45, 7) is 7.13. The maximum atomic E-state index is 13.4. The molecule has 3 aromatic rings. The van der Waals surface area contributed by atoms with Gasteiger partial charge in [0.2, 0.25) is 16.0 Å². The Hall–Kier alpha value is -2.63. The third kappa shape index (κ3) is 5.31. The summed E-state index contributed by atoms with van der Waals surface area (Å²) in [6.07, 6.45) is 6.97. The van der Waals surface area contributed by atoms with Crippen LogP contribution in [0, 0.1) is 6.92 Å². The number of ether oxygens (including phenoxy) is 1. The van der Waals surface area contributed by atoms with Crippen molar-refractivity contribution in [3.05, 3.63) is 47.3 Å². The van der Waals surface area contributed by atoms with Crippen LogP contribution in [0.25, 0.3) is 11.4 Å². The van der Waals surface area contributed by atoms with E-state index in [1.54, 1.807) is 19.3 Å². The van der Waals surface area contributed by atoms with Crippen LogP contribution in [-0.2, 0) is 14.8 Å². The number of hydrogen-bond donors (Lipinski definition) is 1. The number of halogens is 1. The van der Waals surface area contributed by atoms with Gasteiger partial charge in [-0.25, -0.2) is 18.4 Å². The minimum Gasteiger partial charge on any atom is -0.366 e. The summed E-state index contributed by atoms with van der Waals surface area (Å²) in [4.78, 5) is 12.6. The molecule has 176 valence electrons. The lowest BCUT2D eigenvalue weighted by Crippen LogP contribution is -2.35. The SMILES string of the molecule is Cc1cncc(-c2nnc(NS(=O)(=O)[C@@H](C)[C@@H](OC(C)C)c3ncc(Cl)cn3)n2C2CC2)c1. The van der Waals surface area contributed by atoms with E-state index in [0.717, 1.165) is 24.0 Å². The molecule has 1 aliphatic rings. The van der Waals surface area contributed by atoms with Gasteiger partial charge in [0, 0.05) is 36.4 Å². The molecule has 0 spiro atoms. The van der Waals surface area contributed by atoms with Gasteiger partial charge in [-0.1, -0.05) is 11.6 Å². The summed E-state index contributed by atoms with van der Waals surface area (Å²) < 4.78 is 37.1. The van der Waals surface area contributed by atoms with Crippen LogP contribution in [0.2, 0.25) is 5.02 Å². The van der Waals surface area contributed by atoms with E-state index in [2.05, 4.69) is 29.9 Å². The molecule has 3 aromatic heterocycles. The van der Waals surface area contributed by atoms with Gasteiger partial charge in [-0.05, 0) is 52.2 Å². The Morgan fingerprint density at radius 3 is 2.42 bits per heavy atom. The molecule has 0 radical (unpaired) electrons. The molecule has 3 heterocycles. The van der Waals surface area contributed by atoms with Crippen molar-refractivity contribution in [3.63, 3.8) is 0 Å². The highest BCUT2D eigenvalue weighted by molar-refractivity contribution is 7.93. The maximum absolute atomic E-state index is 13.4. The Labute approximate surface area is 197 Å². The van der Waals surface area contributed by atoms with Crippen molar-refractivity contribution in [1.82, 2.24) is 29.7 Å². The highest BCUT2D eigenvalue weighted by atomic mass is 35.5. The van der Waals surface area contributed by atoms with Crippen LogP contribution in [0.4, 0.5) is 5.95 Å². The van der Waals surface area contributed by atoms with E-state index in [4.69, 9.17) is 16.3 Å². The van der Waals surface area contributed by atoms with E-state index in [-0.39, 0.29) is 23.9 Å². The summed E-state index contributed by atoms with van der Waals surface area (Å²) in [6, 6.07) is 2.08. The third-order valence-electron chi connectivity index (χ3n) is 5.20. The van der Waals surface area contributed by atoms with Crippen molar-refractivity contribution in [1.29, 1.82) is 0 Å². The second kappa shape index (κ2) is 9.32. The Morgan fingerprint density at radius 2 is 1.82 bits per heavy atom. The van der Waals surface area contributed by atoms with Gasteiger partial charge in [-0.2, -0.15) is 0 Å². The average molecular weight is 492 g/mol. The van der Waals surface area contributed by atoms with E-state index in [0.29, 0.717) is 10.8 Å². The van der Waals surface area contributed by atoms with Crippen LogP contribution >= 0.6 is 11.6 Å². The molecule has 0 aromatic carbocycles. The van der Waals surface area contributed by atoms with Gasteiger partial charge in [0.1, 0.15) is 11.4 Å². The van der Waals surface area contributed by atoms with Crippen LogP contribution in [0.5, 0.6) is 0 Å². The highest BCUT2D eigenvalue weighted by Gasteiger charge is 2.37. The van der Waals surface area contributed by atoms with Crippen molar-refractivity contribution >= 4 is 27.6 Å². The molecular weight excluding hydrogens is 466 g/mol. The van der Waals surface area contributed by atoms with Gasteiger partial charge >= 0.3 is 0 Å². The molecule has 1 fully saturated rings. The lowest BCUT2D eigenvalue weighted by molar-refractivity contribution is 0.00154. The number of hydrogen-bond acceptors (Lipinski definition) is 8. The lowest BCUT2D eigenvalue weighted by Gasteiger charge is -2.25. The molecule has 0 aliphatic heterocycles. The largest absolute Gasteiger partial charge is 0.366 e. The van der Waals surface area contributed by atoms with Gasteiger partial charge in [0.25, 0.3) is 0 Å². The molecule has 1 N–H and O–H groups in total. The molecule has 1 saturated carbocycles. The maximum Gasteiger partial charge on any atom is 0.240 e. The quantitative estimate of drug-likeness (QED) is 0.480. The van der Waals surface area contributed by atoms with Crippen molar-refractivity contribution in [2.75, 3.05) is 4.72 Å². The molecule has 10 nitrogen and oxygen atoms in total. The Balaban J connectivity index is 1.65. The summed E-state index contributed by atoms with van der Waals surface area (Å²) in [5.41, 5.74) is 1.76. The number of nitrogens with one attached hydrogen (secondary N) is 1. The smallest absolute Gasteiger partial charge is 0.240 e. The highest BCUT2D eigenvalue weighted by Crippen LogP contribution is 2.40. The average Bonchev–Trinajstić information content (AvgIpc) is 3.52. The van der Waals surface area contributed by atoms with Crippen LogP contribution in [0.15, 0.2) is 30.9 Å². The summed E-state index contributed by atoms with van der Waals surface area (Å²) >= 11 is 5.90. The minimum absolute atomic E-state index is 0.130. The molecule has 4 rings (SSSR count). The Bertz CT molecular complexity index is 1230. The Morgan fingerprint density at radius 1 is 1.12 bits per heavy atom. The van der Waals surface area contributed by atoms with Gasteiger partial charge in [-0.15, -0.1) is 10.2 Å². The van der Waals surface area contributed by atoms with Gasteiger partial charge < -0.3 is 4.74 Å². The molecule has 1 aliphatic carbocycles. The Kier molecular flexibility index (Phi) is 6.64. The van der Waals surface area contributed by atoms with Gasteiger partial charge in [0.15, 0.2) is 11.6 Å². The van der Waals surface area contributed by atoms with E-state index < -0.39 is 21.4 Å². The molecule has 12 heteroatoms. The topological polar surface area (TPSA) is 125 Å². The van der Waals surface area contributed by atoms with Crippen LogP contribution < -0.4 is 4.72 Å². The predicted octanol–water partition coefficient (Wildman–Crippen LogP) is 3.72. The van der Waals surface area contributed by atoms with Crippen LogP contribution in [0.1, 0.15) is 57.1 Å². The van der Waals surface area contributed by atoms with Crippen molar-refractivity contribution in [2.45, 2.75) is 64.0 Å². The first kappa shape index (κ1) is 23.5. The number of rotatable bonds is 9. The number of sulfonamides is 1. The van der Waals surface area contributed by atoms with E-state index >= 15 is 0 Å². The molecule has 0 bridgehead atoms. The molecule has 0 saturated heterocycles. The molecule has 2 atom stereocenters. The normalized spacial score (nSPS) is 16.1. The van der Waals surface area contributed by atoms with E-state index in [1.165, 1.54) is 12.4 Å². The molecule has 33 heavy (non-hydrogen) atoms. The number of nitrogens with zero attached hydrogens (tertiary/aromatic N) is 6.